The normalized spacial score (nSPS) is 24.4. The number of esters is 1. The zero-order valence-electron chi connectivity index (χ0n) is 15.4. The smallest absolute Gasteiger partial charge is 0.317 e. The third kappa shape index (κ3) is 2.89. The summed E-state index contributed by atoms with van der Waals surface area (Å²) in [4.78, 5) is 13.3. The first-order valence-electron chi connectivity index (χ1n) is 9.07. The molecule has 3 nitrogen and oxygen atoms in total. The molecule has 136 valence electrons. The number of ether oxygens (including phenoxy) is 2. The lowest BCUT2D eigenvalue weighted by atomic mass is 9.66. The highest BCUT2D eigenvalue weighted by atomic mass is 16.5. The van der Waals surface area contributed by atoms with Crippen molar-refractivity contribution in [2.24, 2.45) is 5.92 Å². The molecule has 0 N–H and O–H groups in total. The minimum atomic E-state index is -0.916. The highest BCUT2D eigenvalue weighted by Gasteiger charge is 2.51. The maximum absolute atomic E-state index is 13.3. The molecule has 0 unspecified atom stereocenters. The molecule has 27 heavy (non-hydrogen) atoms. The average Bonchev–Trinajstić information content (AvgIpc) is 3.02. The maximum atomic E-state index is 13.3. The molecule has 1 aliphatic carbocycles. The van der Waals surface area contributed by atoms with Crippen LogP contribution in [0, 0.1) is 5.92 Å². The van der Waals surface area contributed by atoms with Gasteiger partial charge < -0.3 is 9.47 Å². The van der Waals surface area contributed by atoms with Gasteiger partial charge in [-0.3, -0.25) is 4.79 Å². The standard InChI is InChI=1S/C24H22O3/c1-17-15-24(23(25)26-2,21-10-4-3-5-11-22(21)27-16-17)20-13-12-18-8-6-7-9-19(18)14-20/h3-14,21H,1,15-16H2,2H3/t21-,24+/m1/s1. The SMILES string of the molecule is C=C1COC2=CC=CC=C[C@H]2[C@@](C(=O)OC)(c2ccc3ccccc3c2)C1. The molecule has 3 heteroatoms. The number of carbonyl (C=O) groups excluding carboxylic acids is 1. The molecule has 0 radical (unpaired) electrons. The number of allylic oxidation sites excluding steroid dienone is 5. The van der Waals surface area contributed by atoms with Gasteiger partial charge in [0.15, 0.2) is 0 Å². The summed E-state index contributed by atoms with van der Waals surface area (Å²) in [7, 11) is 1.45. The number of hydrogen-bond donors (Lipinski definition) is 0. The molecule has 2 aliphatic rings. The van der Waals surface area contributed by atoms with Gasteiger partial charge in [0.25, 0.3) is 0 Å². The second kappa shape index (κ2) is 6.92. The van der Waals surface area contributed by atoms with E-state index in [2.05, 4.69) is 30.8 Å². The van der Waals surface area contributed by atoms with Gasteiger partial charge in [-0.05, 0) is 40.5 Å². The van der Waals surface area contributed by atoms with E-state index in [9.17, 15) is 4.79 Å². The number of carbonyl (C=O) groups is 1. The maximum Gasteiger partial charge on any atom is 0.317 e. The molecule has 2 aromatic rings. The van der Waals surface area contributed by atoms with Crippen LogP contribution in [0.2, 0.25) is 0 Å². The second-order valence-corrected chi connectivity index (χ2v) is 7.06. The number of methoxy groups -OCH3 is 1. The monoisotopic (exact) mass is 358 g/mol. The first kappa shape index (κ1) is 17.3. The fourth-order valence-electron chi connectivity index (χ4n) is 4.12. The highest BCUT2D eigenvalue weighted by Crippen LogP contribution is 2.47. The third-order valence-electron chi connectivity index (χ3n) is 5.41. The zero-order chi connectivity index (χ0) is 18.9. The van der Waals surface area contributed by atoms with Crippen molar-refractivity contribution >= 4 is 16.7 Å². The van der Waals surface area contributed by atoms with Crippen LogP contribution in [0.15, 0.2) is 90.8 Å². The van der Waals surface area contributed by atoms with Gasteiger partial charge in [-0.1, -0.05) is 67.3 Å². The van der Waals surface area contributed by atoms with Crippen molar-refractivity contribution in [2.45, 2.75) is 11.8 Å². The molecule has 1 heterocycles. The molecule has 0 bridgehead atoms. The van der Waals surface area contributed by atoms with Gasteiger partial charge >= 0.3 is 5.97 Å². The summed E-state index contributed by atoms with van der Waals surface area (Å²) in [6, 6.07) is 14.3. The Bertz CT molecular complexity index is 996. The molecule has 1 aliphatic heterocycles. The Labute approximate surface area is 159 Å². The molecule has 1 saturated heterocycles. The van der Waals surface area contributed by atoms with Crippen molar-refractivity contribution in [3.8, 4) is 0 Å². The Hall–Kier alpha value is -3.07. The third-order valence-corrected chi connectivity index (χ3v) is 5.41. The lowest BCUT2D eigenvalue weighted by Crippen LogP contribution is -2.43. The van der Waals surface area contributed by atoms with E-state index < -0.39 is 5.41 Å². The Kier molecular flexibility index (Phi) is 4.44. The van der Waals surface area contributed by atoms with E-state index in [1.165, 1.54) is 7.11 Å². The molecule has 4 rings (SSSR count). The number of fused-ring (bicyclic) bond motifs is 2. The van der Waals surface area contributed by atoms with Crippen molar-refractivity contribution < 1.29 is 14.3 Å². The molecule has 2 aromatic carbocycles. The van der Waals surface area contributed by atoms with E-state index in [0.717, 1.165) is 27.7 Å². The number of rotatable bonds is 2. The molecule has 0 amide bonds. The van der Waals surface area contributed by atoms with Crippen molar-refractivity contribution in [1.82, 2.24) is 0 Å². The quantitative estimate of drug-likeness (QED) is 0.568. The van der Waals surface area contributed by atoms with Crippen LogP contribution in [0.4, 0.5) is 0 Å². The topological polar surface area (TPSA) is 35.5 Å². The summed E-state index contributed by atoms with van der Waals surface area (Å²) >= 11 is 0. The fraction of sp³-hybridized carbons (Fsp3) is 0.208. The van der Waals surface area contributed by atoms with Crippen molar-refractivity contribution in [3.63, 3.8) is 0 Å². The summed E-state index contributed by atoms with van der Waals surface area (Å²) < 4.78 is 11.3. The Morgan fingerprint density at radius 1 is 1.15 bits per heavy atom. The van der Waals surface area contributed by atoms with Crippen LogP contribution >= 0.6 is 0 Å². The lowest BCUT2D eigenvalue weighted by Gasteiger charge is -2.36. The molecule has 2 atom stereocenters. The number of benzene rings is 2. The van der Waals surface area contributed by atoms with Crippen molar-refractivity contribution in [1.29, 1.82) is 0 Å². The van der Waals surface area contributed by atoms with Gasteiger partial charge in [0.05, 0.1) is 13.0 Å². The van der Waals surface area contributed by atoms with Crippen LogP contribution in [0.25, 0.3) is 10.8 Å². The summed E-state index contributed by atoms with van der Waals surface area (Å²) in [6.07, 6.45) is 10.3. The van der Waals surface area contributed by atoms with E-state index in [1.807, 2.05) is 48.6 Å². The molecule has 0 spiro atoms. The summed E-state index contributed by atoms with van der Waals surface area (Å²) in [5, 5.41) is 2.23. The van der Waals surface area contributed by atoms with Gasteiger partial charge in [0.1, 0.15) is 17.8 Å². The molecule has 0 saturated carbocycles. The van der Waals surface area contributed by atoms with E-state index >= 15 is 0 Å². The van der Waals surface area contributed by atoms with Gasteiger partial charge in [0, 0.05) is 0 Å². The minimum absolute atomic E-state index is 0.264. The predicted molar refractivity (Wildman–Crippen MR) is 107 cm³/mol. The molecule has 1 fully saturated rings. The highest BCUT2D eigenvalue weighted by molar-refractivity contribution is 5.89. The summed E-state index contributed by atoms with van der Waals surface area (Å²) in [5.41, 5.74) is 0.878. The average molecular weight is 358 g/mol. The van der Waals surface area contributed by atoms with Crippen LogP contribution in [-0.2, 0) is 19.7 Å². The van der Waals surface area contributed by atoms with Crippen LogP contribution in [0.3, 0.4) is 0 Å². The Balaban J connectivity index is 1.99. The van der Waals surface area contributed by atoms with Gasteiger partial charge in [-0.15, -0.1) is 0 Å². The van der Waals surface area contributed by atoms with Gasteiger partial charge in [0.2, 0.25) is 0 Å². The van der Waals surface area contributed by atoms with E-state index in [1.54, 1.807) is 0 Å². The van der Waals surface area contributed by atoms with Crippen LogP contribution < -0.4 is 0 Å². The fourth-order valence-corrected chi connectivity index (χ4v) is 4.12. The summed E-state index contributed by atoms with van der Waals surface area (Å²) in [5.74, 6) is 0.226. The first-order chi connectivity index (χ1) is 13.1. The first-order valence-corrected chi connectivity index (χ1v) is 9.07. The summed E-state index contributed by atoms with van der Waals surface area (Å²) in [6.45, 7) is 4.55. The lowest BCUT2D eigenvalue weighted by molar-refractivity contribution is -0.149. The zero-order valence-corrected chi connectivity index (χ0v) is 15.4. The number of hydrogen-bond acceptors (Lipinski definition) is 3. The van der Waals surface area contributed by atoms with Crippen molar-refractivity contribution in [3.05, 3.63) is 96.3 Å². The molecule has 0 aromatic heterocycles. The Morgan fingerprint density at radius 3 is 2.78 bits per heavy atom. The molecular weight excluding hydrogens is 336 g/mol. The second-order valence-electron chi connectivity index (χ2n) is 7.06. The predicted octanol–water partition coefficient (Wildman–Crippen LogP) is 4.85. The largest absolute Gasteiger partial charge is 0.493 e. The Morgan fingerprint density at radius 2 is 1.96 bits per heavy atom. The van der Waals surface area contributed by atoms with E-state index in [0.29, 0.717) is 13.0 Å². The van der Waals surface area contributed by atoms with Crippen LogP contribution in [0.1, 0.15) is 12.0 Å². The van der Waals surface area contributed by atoms with Crippen LogP contribution in [-0.4, -0.2) is 19.7 Å². The van der Waals surface area contributed by atoms with Crippen molar-refractivity contribution in [2.75, 3.05) is 13.7 Å². The van der Waals surface area contributed by atoms with Crippen LogP contribution in [0.5, 0.6) is 0 Å². The minimum Gasteiger partial charge on any atom is -0.493 e. The van der Waals surface area contributed by atoms with E-state index in [4.69, 9.17) is 9.47 Å². The van der Waals surface area contributed by atoms with Gasteiger partial charge in [-0.2, -0.15) is 0 Å². The van der Waals surface area contributed by atoms with Gasteiger partial charge in [-0.25, -0.2) is 0 Å². The molecular formula is C24H22O3. The van der Waals surface area contributed by atoms with E-state index in [-0.39, 0.29) is 11.9 Å².